The lowest BCUT2D eigenvalue weighted by molar-refractivity contribution is -0.116. The summed E-state index contributed by atoms with van der Waals surface area (Å²) in [5.41, 5.74) is 0.545. The normalized spacial score (nSPS) is 25.9. The van der Waals surface area contributed by atoms with Crippen molar-refractivity contribution < 1.29 is 19.4 Å². The lowest BCUT2D eigenvalue weighted by Crippen LogP contribution is -2.33. The smallest absolute Gasteiger partial charge is 0.345 e. The van der Waals surface area contributed by atoms with Crippen molar-refractivity contribution in [3.05, 3.63) is 15.8 Å². The third kappa shape index (κ3) is 4.74. The van der Waals surface area contributed by atoms with Gasteiger partial charge in [-0.3, -0.25) is 0 Å². The van der Waals surface area contributed by atoms with Crippen molar-refractivity contribution in [3.63, 3.8) is 0 Å². The van der Waals surface area contributed by atoms with E-state index in [4.69, 9.17) is 4.74 Å². The highest BCUT2D eigenvalue weighted by Gasteiger charge is 2.27. The average molecular weight is 357 g/mol. The molecule has 2 aliphatic rings. The van der Waals surface area contributed by atoms with Crippen molar-refractivity contribution >= 4 is 35.7 Å². The first-order chi connectivity index (χ1) is 12.0. The number of hydrogen-bond donors (Lipinski definition) is 1. The maximum atomic E-state index is 12.5. The molecule has 1 aromatic rings. The molecule has 2 fully saturated rings. The van der Waals surface area contributed by atoms with Crippen LogP contribution in [0.15, 0.2) is 6.07 Å². The minimum atomic E-state index is -1.00. The Morgan fingerprint density at radius 2 is 2.04 bits per heavy atom. The highest BCUT2D eigenvalue weighted by molar-refractivity contribution is 7.16. The van der Waals surface area contributed by atoms with E-state index in [1.54, 1.807) is 6.07 Å². The van der Waals surface area contributed by atoms with Gasteiger partial charge in [-0.25, -0.2) is 4.79 Å². The molecule has 3 rings (SSSR count). The van der Waals surface area contributed by atoms with Crippen molar-refractivity contribution in [1.82, 2.24) is 0 Å². The van der Waals surface area contributed by atoms with Gasteiger partial charge in [0.15, 0.2) is 0 Å². The molecule has 4 nitrogen and oxygen atoms in total. The second kappa shape index (κ2) is 8.20. The zero-order chi connectivity index (χ0) is 17.8. The Kier molecular flexibility index (Phi) is 5.98. The number of carbonyl (C=O) groups excluding carboxylic acids is 1. The second-order valence-electron chi connectivity index (χ2n) is 7.03. The summed E-state index contributed by atoms with van der Waals surface area (Å²) >= 11 is 1.14. The molecule has 25 heavy (non-hydrogen) atoms. The third-order valence-electron chi connectivity index (χ3n) is 5.00. The van der Waals surface area contributed by atoms with Gasteiger partial charge in [-0.15, -0.1) is 11.3 Å². The molecule has 2 heterocycles. The number of aromatic carboxylic acids is 1. The molecule has 0 bridgehead atoms. The molecule has 1 radical (unpaired) electrons. The molecule has 1 N–H and O–H groups in total. The Bertz CT molecular complexity index is 701. The first-order valence-corrected chi connectivity index (χ1v) is 9.69. The van der Waals surface area contributed by atoms with Crippen LogP contribution in [0.2, 0.25) is 0 Å². The van der Waals surface area contributed by atoms with E-state index in [0.29, 0.717) is 22.9 Å². The van der Waals surface area contributed by atoms with Crippen LogP contribution in [0.1, 0.15) is 53.6 Å². The van der Waals surface area contributed by atoms with Crippen LogP contribution in [0.4, 0.5) is 0 Å². The Labute approximate surface area is 153 Å². The minimum absolute atomic E-state index is 0.0305. The average Bonchev–Trinajstić information content (AvgIpc) is 3.23. The van der Waals surface area contributed by atoms with Gasteiger partial charge in [0, 0.05) is 18.4 Å². The summed E-state index contributed by atoms with van der Waals surface area (Å²) in [5.74, 6) is 6.12. The fourth-order valence-electron chi connectivity index (χ4n) is 3.38. The molecule has 1 aliphatic carbocycles. The summed E-state index contributed by atoms with van der Waals surface area (Å²) in [6, 6.07) is 1.74. The van der Waals surface area contributed by atoms with E-state index >= 15 is 0 Å². The fraction of sp³-hybridized carbons (Fsp3) is 0.579. The molecule has 0 spiro atoms. The van der Waals surface area contributed by atoms with Gasteiger partial charge in [-0.1, -0.05) is 37.1 Å². The second-order valence-corrected chi connectivity index (χ2v) is 8.09. The molecule has 131 valence electrons. The third-order valence-corrected chi connectivity index (χ3v) is 6.05. The van der Waals surface area contributed by atoms with E-state index in [0.717, 1.165) is 50.0 Å². The van der Waals surface area contributed by atoms with Crippen LogP contribution < -0.4 is 5.46 Å². The van der Waals surface area contributed by atoms with Crippen LogP contribution in [0, 0.1) is 29.6 Å². The van der Waals surface area contributed by atoms with E-state index in [2.05, 4.69) is 18.8 Å². The summed E-state index contributed by atoms with van der Waals surface area (Å²) in [6.45, 7) is 3.59. The number of hydrogen-bond acceptors (Lipinski definition) is 4. The lowest BCUT2D eigenvalue weighted by atomic mass is 9.59. The molecular formula is C19H22BO4S. The zero-order valence-corrected chi connectivity index (χ0v) is 15.2. The van der Waals surface area contributed by atoms with Gasteiger partial charge in [0.1, 0.15) is 4.88 Å². The number of ether oxygens (including phenoxy) is 1. The van der Waals surface area contributed by atoms with E-state index in [1.807, 2.05) is 0 Å². The Morgan fingerprint density at radius 1 is 1.28 bits per heavy atom. The largest absolute Gasteiger partial charge is 0.477 e. The monoisotopic (exact) mass is 357 g/mol. The highest BCUT2D eigenvalue weighted by Crippen LogP contribution is 2.28. The van der Waals surface area contributed by atoms with Gasteiger partial charge in [0.2, 0.25) is 7.28 Å². The Morgan fingerprint density at radius 3 is 2.68 bits per heavy atom. The van der Waals surface area contributed by atoms with Crippen molar-refractivity contribution in [1.29, 1.82) is 0 Å². The molecule has 0 amide bonds. The molecule has 6 heteroatoms. The minimum Gasteiger partial charge on any atom is -0.477 e. The van der Waals surface area contributed by atoms with Crippen molar-refractivity contribution in [2.24, 2.45) is 17.8 Å². The van der Waals surface area contributed by atoms with Gasteiger partial charge < -0.3 is 14.6 Å². The van der Waals surface area contributed by atoms with Crippen molar-refractivity contribution in [2.75, 3.05) is 13.2 Å². The van der Waals surface area contributed by atoms with Gasteiger partial charge in [-0.05, 0) is 31.2 Å². The molecule has 1 saturated heterocycles. The van der Waals surface area contributed by atoms with Crippen LogP contribution in [0.5, 0.6) is 0 Å². The predicted molar refractivity (Wildman–Crippen MR) is 98.6 cm³/mol. The van der Waals surface area contributed by atoms with E-state index in [9.17, 15) is 14.7 Å². The van der Waals surface area contributed by atoms with Gasteiger partial charge in [0.05, 0.1) is 17.2 Å². The number of carboxylic acid groups (broad SMARTS) is 1. The quantitative estimate of drug-likeness (QED) is 0.664. The van der Waals surface area contributed by atoms with Gasteiger partial charge in [-0.2, -0.15) is 0 Å². The molecule has 1 aliphatic heterocycles. The first-order valence-electron chi connectivity index (χ1n) is 8.88. The van der Waals surface area contributed by atoms with Gasteiger partial charge >= 0.3 is 5.97 Å². The Hall–Kier alpha value is -1.58. The maximum absolute atomic E-state index is 12.5. The fourth-order valence-corrected chi connectivity index (χ4v) is 4.22. The first kappa shape index (κ1) is 18.2. The van der Waals surface area contributed by atoms with Crippen molar-refractivity contribution in [2.45, 2.75) is 39.0 Å². The molecular weight excluding hydrogens is 335 g/mol. The van der Waals surface area contributed by atoms with Crippen molar-refractivity contribution in [3.8, 4) is 11.8 Å². The summed E-state index contributed by atoms with van der Waals surface area (Å²) < 4.78 is 5.30. The van der Waals surface area contributed by atoms with E-state index in [-0.39, 0.29) is 22.4 Å². The molecule has 1 aromatic heterocycles. The van der Waals surface area contributed by atoms with Crippen LogP contribution in [-0.4, -0.2) is 37.3 Å². The molecule has 1 unspecified atom stereocenters. The number of rotatable bonds is 4. The van der Waals surface area contributed by atoms with Gasteiger partial charge in [0.25, 0.3) is 0 Å². The topological polar surface area (TPSA) is 63.6 Å². The van der Waals surface area contributed by atoms with E-state index in [1.165, 1.54) is 7.28 Å². The SMILES string of the molecule is CC1CCC(C(=O)[B]c2cc(C#CC3CCOC3)sc2C(=O)O)CC1. The summed E-state index contributed by atoms with van der Waals surface area (Å²) in [5, 5.41) is 9.43. The lowest BCUT2D eigenvalue weighted by Gasteiger charge is -2.25. The Balaban J connectivity index is 1.71. The van der Waals surface area contributed by atoms with Crippen LogP contribution >= 0.6 is 11.3 Å². The number of thiophene rings is 1. The van der Waals surface area contributed by atoms with Crippen LogP contribution in [-0.2, 0) is 9.53 Å². The van der Waals surface area contributed by atoms with Crippen LogP contribution in [0.25, 0.3) is 0 Å². The standard InChI is InChI=1S/C19H22BO4S/c1-12-2-5-14(6-3-12)18(21)20-16-10-15(25-17(16)19(22)23)7-4-13-8-9-24-11-13/h10,12-14H,2-3,5-6,8-9,11H2,1H3,(H,22,23). The molecule has 1 saturated carbocycles. The summed E-state index contributed by atoms with van der Waals surface area (Å²) in [4.78, 5) is 24.9. The predicted octanol–water partition coefficient (Wildman–Crippen LogP) is 2.52. The summed E-state index contributed by atoms with van der Waals surface area (Å²) in [6.07, 6.45) is 4.86. The zero-order valence-electron chi connectivity index (χ0n) is 14.4. The molecule has 1 atom stereocenters. The highest BCUT2D eigenvalue weighted by atomic mass is 32.1. The van der Waals surface area contributed by atoms with E-state index < -0.39 is 5.97 Å². The van der Waals surface area contributed by atoms with Crippen LogP contribution in [0.3, 0.4) is 0 Å². The number of carbonyl (C=O) groups is 2. The maximum Gasteiger partial charge on any atom is 0.345 e. The molecule has 0 aromatic carbocycles. The number of carboxylic acids is 1. The summed E-state index contributed by atoms with van der Waals surface area (Å²) in [7, 11) is 1.52.